The van der Waals surface area contributed by atoms with E-state index in [4.69, 9.17) is 5.11 Å². The molecule has 134 valence electrons. The van der Waals surface area contributed by atoms with Crippen molar-refractivity contribution in [2.45, 2.75) is 45.3 Å². The maximum Gasteiger partial charge on any atom is 0.321 e. The van der Waals surface area contributed by atoms with E-state index >= 15 is 0 Å². The molecule has 1 rings (SSSR count). The summed E-state index contributed by atoms with van der Waals surface area (Å²) >= 11 is 0. The van der Waals surface area contributed by atoms with Gasteiger partial charge in [0.1, 0.15) is 6.04 Å². The van der Waals surface area contributed by atoms with Crippen LogP contribution in [0.25, 0.3) is 0 Å². The van der Waals surface area contributed by atoms with Crippen LogP contribution in [0.5, 0.6) is 0 Å². The largest absolute Gasteiger partial charge is 0.480 e. The van der Waals surface area contributed by atoms with Gasteiger partial charge < -0.3 is 10.4 Å². The molecule has 0 bridgehead atoms. The van der Waals surface area contributed by atoms with E-state index in [1.165, 1.54) is 6.92 Å². The molecule has 0 aromatic heterocycles. The lowest BCUT2D eigenvalue weighted by Crippen LogP contribution is -2.52. The lowest BCUT2D eigenvalue weighted by Gasteiger charge is -2.19. The van der Waals surface area contributed by atoms with Gasteiger partial charge >= 0.3 is 12.0 Å². The van der Waals surface area contributed by atoms with E-state index in [1.54, 1.807) is 0 Å². The van der Waals surface area contributed by atoms with Crippen molar-refractivity contribution in [2.75, 3.05) is 0 Å². The molecule has 1 aromatic carbocycles. The van der Waals surface area contributed by atoms with Gasteiger partial charge in [-0.05, 0) is 18.9 Å². The molecule has 3 amide bonds. The number of carbonyl (C=O) groups is 3. The lowest BCUT2D eigenvalue weighted by molar-refractivity contribution is -0.140. The molecule has 1 aromatic rings. The summed E-state index contributed by atoms with van der Waals surface area (Å²) in [5.74, 6) is -1.59. The molecule has 0 spiro atoms. The number of hydrogen-bond donors (Lipinski definition) is 4. The third-order valence-corrected chi connectivity index (χ3v) is 3.25. The van der Waals surface area contributed by atoms with Crippen molar-refractivity contribution in [3.63, 3.8) is 0 Å². The van der Waals surface area contributed by atoms with Gasteiger partial charge in [0.25, 0.3) is 0 Å². The second kappa shape index (κ2) is 11.4. The highest BCUT2D eigenvalue weighted by Crippen LogP contribution is 1.99. The summed E-state index contributed by atoms with van der Waals surface area (Å²) in [6.07, 6.45) is 1.09. The van der Waals surface area contributed by atoms with E-state index < -0.39 is 30.0 Å². The molecule has 7 nitrogen and oxygen atoms in total. The number of carboxylic acids is 1. The number of aliphatic carboxylic acids is 1. The van der Waals surface area contributed by atoms with Crippen LogP contribution in [0.15, 0.2) is 30.3 Å². The molecule has 0 heterocycles. The number of rotatable bonds is 8. The molecule has 2 unspecified atom stereocenters. The molecular weight excluding hydrogens is 334 g/mol. The summed E-state index contributed by atoms with van der Waals surface area (Å²) in [4.78, 5) is 34.6. The van der Waals surface area contributed by atoms with Crippen molar-refractivity contribution < 1.29 is 19.5 Å². The van der Waals surface area contributed by atoms with Crippen molar-refractivity contribution in [1.82, 2.24) is 16.0 Å². The number of carbonyl (C=O) groups excluding carboxylic acids is 2. The van der Waals surface area contributed by atoms with E-state index in [-0.39, 0.29) is 12.4 Å². The molecule has 8 heteroatoms. The summed E-state index contributed by atoms with van der Waals surface area (Å²) in [6, 6.07) is 7.07. The van der Waals surface area contributed by atoms with Crippen molar-refractivity contribution in [2.24, 2.45) is 0 Å². The van der Waals surface area contributed by atoms with Crippen molar-refractivity contribution in [1.29, 1.82) is 0 Å². The topological polar surface area (TPSA) is 108 Å². The van der Waals surface area contributed by atoms with Gasteiger partial charge in [-0.3, -0.25) is 20.2 Å². The van der Waals surface area contributed by atoms with Gasteiger partial charge in [0.15, 0.2) is 0 Å². The van der Waals surface area contributed by atoms with Crippen LogP contribution in [0.1, 0.15) is 32.3 Å². The Kier molecular flexibility index (Phi) is 10.4. The van der Waals surface area contributed by atoms with E-state index in [0.717, 1.165) is 5.56 Å². The van der Waals surface area contributed by atoms with E-state index in [0.29, 0.717) is 19.4 Å². The average Bonchev–Trinajstić information content (AvgIpc) is 2.53. The first kappa shape index (κ1) is 21.9. The standard InChI is InChI=1S/C16H23N3O4.ClH/c1-3-7-13(15(21)22)18-11(2)14(20)19-16(23)17-10-12-8-5-4-6-9-12;/h4-6,8-9,11,13,18H,3,7,10H2,1-2H3,(H,21,22)(H2,17,19,20,23);1H. The van der Waals surface area contributed by atoms with Crippen LogP contribution in [-0.4, -0.2) is 35.1 Å². The monoisotopic (exact) mass is 357 g/mol. The second-order valence-electron chi connectivity index (χ2n) is 5.23. The van der Waals surface area contributed by atoms with Crippen LogP contribution in [0, 0.1) is 0 Å². The van der Waals surface area contributed by atoms with E-state index in [2.05, 4.69) is 16.0 Å². The van der Waals surface area contributed by atoms with Crippen LogP contribution >= 0.6 is 12.4 Å². The van der Waals surface area contributed by atoms with E-state index in [1.807, 2.05) is 37.3 Å². The number of amides is 3. The number of imide groups is 1. The third kappa shape index (κ3) is 7.94. The van der Waals surface area contributed by atoms with Gasteiger partial charge in [0, 0.05) is 6.54 Å². The Morgan fingerprint density at radius 2 is 1.79 bits per heavy atom. The molecule has 4 N–H and O–H groups in total. The number of hydrogen-bond acceptors (Lipinski definition) is 4. The van der Waals surface area contributed by atoms with Gasteiger partial charge in [-0.25, -0.2) is 4.79 Å². The van der Waals surface area contributed by atoms with Crippen LogP contribution in [0.4, 0.5) is 4.79 Å². The van der Waals surface area contributed by atoms with Crippen molar-refractivity contribution in [3.05, 3.63) is 35.9 Å². The average molecular weight is 358 g/mol. The number of nitrogens with one attached hydrogen (secondary N) is 3. The molecule has 0 radical (unpaired) electrons. The quantitative estimate of drug-likeness (QED) is 0.566. The minimum absolute atomic E-state index is 0. The minimum atomic E-state index is -1.01. The molecular formula is C16H24ClN3O4. The second-order valence-corrected chi connectivity index (χ2v) is 5.23. The molecule has 2 atom stereocenters. The number of carboxylic acid groups (broad SMARTS) is 1. The molecule has 24 heavy (non-hydrogen) atoms. The maximum absolute atomic E-state index is 11.9. The van der Waals surface area contributed by atoms with Gasteiger partial charge in [-0.2, -0.15) is 0 Å². The van der Waals surface area contributed by atoms with Gasteiger partial charge in [-0.15, -0.1) is 12.4 Å². The molecule has 0 aliphatic heterocycles. The zero-order chi connectivity index (χ0) is 17.2. The normalized spacial score (nSPS) is 12.4. The van der Waals surface area contributed by atoms with Crippen molar-refractivity contribution in [3.8, 4) is 0 Å². The summed E-state index contributed by atoms with van der Waals surface area (Å²) < 4.78 is 0. The highest BCUT2D eigenvalue weighted by Gasteiger charge is 2.23. The fourth-order valence-electron chi connectivity index (χ4n) is 1.99. The predicted molar refractivity (Wildman–Crippen MR) is 93.0 cm³/mol. The Bertz CT molecular complexity index is 539. The number of urea groups is 1. The highest BCUT2D eigenvalue weighted by atomic mass is 35.5. The number of halogens is 1. The zero-order valence-corrected chi connectivity index (χ0v) is 14.6. The smallest absolute Gasteiger partial charge is 0.321 e. The summed E-state index contributed by atoms with van der Waals surface area (Å²) in [5, 5.41) is 16.5. The third-order valence-electron chi connectivity index (χ3n) is 3.25. The summed E-state index contributed by atoms with van der Waals surface area (Å²) in [5.41, 5.74) is 0.912. The van der Waals surface area contributed by atoms with E-state index in [9.17, 15) is 14.4 Å². The van der Waals surface area contributed by atoms with Gasteiger partial charge in [0.05, 0.1) is 6.04 Å². The predicted octanol–water partition coefficient (Wildman–Crippen LogP) is 1.67. The first-order chi connectivity index (χ1) is 10.9. The van der Waals surface area contributed by atoms with Gasteiger partial charge in [0.2, 0.25) is 5.91 Å². The molecule has 0 aliphatic carbocycles. The highest BCUT2D eigenvalue weighted by molar-refractivity contribution is 5.97. The maximum atomic E-state index is 11.9. The minimum Gasteiger partial charge on any atom is -0.480 e. The fourth-order valence-corrected chi connectivity index (χ4v) is 1.99. The summed E-state index contributed by atoms with van der Waals surface area (Å²) in [7, 11) is 0. The molecule has 0 aliphatic rings. The first-order valence-corrected chi connectivity index (χ1v) is 7.55. The number of benzene rings is 1. The molecule has 0 saturated heterocycles. The Labute approximate surface area is 147 Å². The Hall–Kier alpha value is -2.12. The Morgan fingerprint density at radius 1 is 1.17 bits per heavy atom. The summed E-state index contributed by atoms with van der Waals surface area (Å²) in [6.45, 7) is 3.68. The van der Waals surface area contributed by atoms with Crippen LogP contribution in [0.2, 0.25) is 0 Å². The first-order valence-electron chi connectivity index (χ1n) is 7.55. The molecule has 0 fully saturated rings. The Balaban J connectivity index is 0.00000529. The lowest BCUT2D eigenvalue weighted by atomic mass is 10.1. The van der Waals surface area contributed by atoms with Crippen LogP contribution in [-0.2, 0) is 16.1 Å². The zero-order valence-electron chi connectivity index (χ0n) is 13.7. The SMILES string of the molecule is CCCC(NC(C)C(=O)NC(=O)NCc1ccccc1)C(=O)O.Cl. The van der Waals surface area contributed by atoms with Gasteiger partial charge in [-0.1, -0.05) is 43.7 Å². The van der Waals surface area contributed by atoms with Crippen LogP contribution < -0.4 is 16.0 Å². The molecule has 0 saturated carbocycles. The van der Waals surface area contributed by atoms with Crippen molar-refractivity contribution >= 4 is 30.3 Å². The fraction of sp³-hybridized carbons (Fsp3) is 0.438. The Morgan fingerprint density at radius 3 is 2.33 bits per heavy atom. The van der Waals surface area contributed by atoms with Crippen LogP contribution in [0.3, 0.4) is 0 Å².